The molecular formula is C61H59N9O14. The van der Waals surface area contributed by atoms with Crippen molar-refractivity contribution in [2.75, 3.05) is 14.2 Å². The van der Waals surface area contributed by atoms with Gasteiger partial charge in [0.15, 0.2) is 0 Å². The molecule has 84 heavy (non-hydrogen) atoms. The molecule has 8 heterocycles. The minimum absolute atomic E-state index is 0.118. The van der Waals surface area contributed by atoms with Crippen molar-refractivity contribution in [2.45, 2.75) is 109 Å². The number of carbonyl (C=O) groups excluding carboxylic acids is 12. The minimum Gasteiger partial charge on any atom is -0.465 e. The Balaban J connectivity index is 0.000000132. The van der Waals surface area contributed by atoms with Crippen LogP contribution in [0.5, 0.6) is 0 Å². The highest BCUT2D eigenvalue weighted by atomic mass is 16.5. The van der Waals surface area contributed by atoms with Gasteiger partial charge in [0.05, 0.1) is 53.6 Å². The number of nitrogens with two attached hydrogens (primary N) is 1. The molecule has 6 N–H and O–H groups in total. The van der Waals surface area contributed by atoms with E-state index in [2.05, 4.69) is 55.3 Å². The zero-order valence-corrected chi connectivity index (χ0v) is 46.0. The van der Waals surface area contributed by atoms with E-state index in [4.69, 9.17) is 15.2 Å². The third-order valence-electron chi connectivity index (χ3n) is 15.8. The van der Waals surface area contributed by atoms with Crippen molar-refractivity contribution in [1.82, 2.24) is 40.9 Å². The van der Waals surface area contributed by atoms with Gasteiger partial charge < -0.3 is 20.5 Å². The van der Waals surface area contributed by atoms with Crippen LogP contribution in [0.4, 0.5) is 0 Å². The lowest BCUT2D eigenvalue weighted by atomic mass is 9.97. The highest BCUT2D eigenvalue weighted by molar-refractivity contribution is 6.25. The summed E-state index contributed by atoms with van der Waals surface area (Å²) in [6.07, 6.45) is 1.43. The largest absolute Gasteiger partial charge is 0.465 e. The number of piperidine rings is 3. The summed E-state index contributed by atoms with van der Waals surface area (Å²) in [4.78, 5) is 150. The number of rotatable bonds is 8. The first-order chi connectivity index (χ1) is 40.4. The highest BCUT2D eigenvalue weighted by Gasteiger charge is 2.48. The molecule has 3 fully saturated rings. The number of ether oxygens (including phenoxy) is 2. The van der Waals surface area contributed by atoms with Gasteiger partial charge in [-0.2, -0.15) is 0 Å². The summed E-state index contributed by atoms with van der Waals surface area (Å²) in [5.74, 6) is -5.30. The van der Waals surface area contributed by atoms with Crippen molar-refractivity contribution >= 4 is 71.0 Å². The maximum Gasteiger partial charge on any atom is 0.339 e. The van der Waals surface area contributed by atoms with Gasteiger partial charge in [0.25, 0.3) is 23.6 Å². The highest BCUT2D eigenvalue weighted by Crippen LogP contribution is 2.37. The van der Waals surface area contributed by atoms with Gasteiger partial charge in [0.2, 0.25) is 35.4 Å². The fourth-order valence-electron chi connectivity index (χ4n) is 11.6. The van der Waals surface area contributed by atoms with Gasteiger partial charge >= 0.3 is 11.9 Å². The smallest absolute Gasteiger partial charge is 0.339 e. The van der Waals surface area contributed by atoms with E-state index in [1.54, 1.807) is 18.2 Å². The van der Waals surface area contributed by atoms with Gasteiger partial charge in [-0.1, -0.05) is 78.9 Å². The summed E-state index contributed by atoms with van der Waals surface area (Å²) >= 11 is 0. The van der Waals surface area contributed by atoms with Crippen LogP contribution in [0.2, 0.25) is 0 Å². The predicted octanol–water partition coefficient (Wildman–Crippen LogP) is 2.82. The summed E-state index contributed by atoms with van der Waals surface area (Å²) in [6.45, 7) is 5.36. The second-order valence-electron chi connectivity index (χ2n) is 21.2. The lowest BCUT2D eigenvalue weighted by Crippen LogP contribution is -2.54. The monoisotopic (exact) mass is 1140 g/mol. The van der Waals surface area contributed by atoms with E-state index in [0.29, 0.717) is 73.4 Å². The first-order valence-electron chi connectivity index (χ1n) is 27.3. The zero-order chi connectivity index (χ0) is 59.5. The number of methoxy groups -OCH3 is 2. The van der Waals surface area contributed by atoms with Crippen molar-refractivity contribution in [3.8, 4) is 0 Å². The minimum atomic E-state index is -0.933. The number of imide groups is 5. The van der Waals surface area contributed by atoms with E-state index in [1.165, 1.54) is 25.3 Å². The Morgan fingerprint density at radius 3 is 1.43 bits per heavy atom. The van der Waals surface area contributed by atoms with Crippen LogP contribution in [0.3, 0.4) is 0 Å². The van der Waals surface area contributed by atoms with E-state index in [9.17, 15) is 57.5 Å². The van der Waals surface area contributed by atoms with Crippen LogP contribution in [0.15, 0.2) is 97.1 Å². The molecule has 432 valence electrons. The lowest BCUT2D eigenvalue weighted by Gasteiger charge is -2.27. The molecule has 5 aromatic carbocycles. The number of benzene rings is 5. The molecule has 3 atom stereocenters. The zero-order valence-electron chi connectivity index (χ0n) is 46.0. The maximum absolute atomic E-state index is 13.2. The van der Waals surface area contributed by atoms with Crippen LogP contribution in [0, 0.1) is 0 Å². The van der Waals surface area contributed by atoms with Crippen molar-refractivity contribution < 1.29 is 67.0 Å². The molecule has 0 aliphatic carbocycles. The summed E-state index contributed by atoms with van der Waals surface area (Å²) in [6, 6.07) is 28.5. The van der Waals surface area contributed by atoms with Gasteiger partial charge in [-0.25, -0.2) is 9.59 Å². The molecule has 8 aliphatic rings. The predicted molar refractivity (Wildman–Crippen MR) is 295 cm³/mol. The average molecular weight is 1140 g/mol. The van der Waals surface area contributed by atoms with Gasteiger partial charge in [0, 0.05) is 71.6 Å². The molecule has 0 radical (unpaired) electrons. The normalized spacial score (nSPS) is 20.4. The summed E-state index contributed by atoms with van der Waals surface area (Å²) in [5, 5.41) is 9.70. The summed E-state index contributed by atoms with van der Waals surface area (Å²) < 4.78 is 9.68. The summed E-state index contributed by atoms with van der Waals surface area (Å²) in [7, 11) is 2.62. The second-order valence-corrected chi connectivity index (χ2v) is 21.2. The SMILES string of the molecule is COC(=O)c1ccc2c(c1C(=O)OC)CN(Cc1ccccc1)C2.NC1CCC(=O)NC1=O.O=C1CCC(N2C(=O)c3ccc4c(c3C2=O)CN(Cc2ccccc2)C4)C(=O)N1.O=C1CCC(N2C(=O)c3ccc4c(c3C2=O)CNC4)C(=O)N1. The molecule has 0 aromatic heterocycles. The third-order valence-corrected chi connectivity index (χ3v) is 15.8. The molecule has 0 spiro atoms. The first kappa shape index (κ1) is 57.8. The number of nitrogens with one attached hydrogen (secondary N) is 4. The molecule has 13 rings (SSSR count). The maximum atomic E-state index is 13.2. The second kappa shape index (κ2) is 24.6. The molecule has 0 bridgehead atoms. The van der Waals surface area contributed by atoms with Gasteiger partial charge in [0.1, 0.15) is 12.1 Å². The van der Waals surface area contributed by atoms with Crippen molar-refractivity contribution in [2.24, 2.45) is 5.73 Å². The number of fused-ring (bicyclic) bond motifs is 7. The molecule has 8 aliphatic heterocycles. The quantitative estimate of drug-likeness (QED) is 0.110. The van der Waals surface area contributed by atoms with Crippen LogP contribution in [-0.4, -0.2) is 123 Å². The fourth-order valence-corrected chi connectivity index (χ4v) is 11.6. The molecule has 5 aromatic rings. The molecule has 3 saturated heterocycles. The molecule has 0 saturated carbocycles. The van der Waals surface area contributed by atoms with E-state index in [0.717, 1.165) is 62.8 Å². The van der Waals surface area contributed by atoms with E-state index in [1.807, 2.05) is 54.6 Å². The molecular weight excluding hydrogens is 1080 g/mol. The van der Waals surface area contributed by atoms with Crippen LogP contribution < -0.4 is 27.0 Å². The molecule has 3 unspecified atom stereocenters. The van der Waals surface area contributed by atoms with Crippen molar-refractivity contribution in [1.29, 1.82) is 0 Å². The van der Waals surface area contributed by atoms with Gasteiger partial charge in [-0.3, -0.25) is 83.5 Å². The Bertz CT molecular complexity index is 3610. The molecule has 10 amide bonds. The number of carbonyl (C=O) groups is 12. The lowest BCUT2D eigenvalue weighted by molar-refractivity contribution is -0.137. The van der Waals surface area contributed by atoms with Crippen LogP contribution in [-0.2, 0) is 90.6 Å². The van der Waals surface area contributed by atoms with Gasteiger partial charge in [-0.05, 0) is 82.0 Å². The third kappa shape index (κ3) is 11.7. The number of nitrogens with zero attached hydrogens (tertiary/aromatic N) is 4. The fraction of sp³-hybridized carbons (Fsp3) is 0.311. The first-order valence-corrected chi connectivity index (χ1v) is 27.3. The Hall–Kier alpha value is -9.42. The van der Waals surface area contributed by atoms with E-state index >= 15 is 0 Å². The van der Waals surface area contributed by atoms with Crippen LogP contribution in [0.25, 0.3) is 0 Å². The van der Waals surface area contributed by atoms with Crippen LogP contribution in [0.1, 0.15) is 145 Å². The number of esters is 2. The van der Waals surface area contributed by atoms with E-state index in [-0.39, 0.29) is 54.9 Å². The van der Waals surface area contributed by atoms with Gasteiger partial charge in [-0.15, -0.1) is 0 Å². The molecule has 23 heteroatoms. The Morgan fingerprint density at radius 1 is 0.488 bits per heavy atom. The standard InChI is InChI=1S/C22H19N3O4.C19H19NO4.C15H13N3O4.C5H8N2O2/c26-18-9-8-17(20(27)23-18)25-21(28)15-7-6-14-11-24(10-13-4-2-1-3-5-13)12-16(14)19(15)22(25)29;1-23-18(21)15-9-8-14-11-20(10-13-6-4-3-5-7-13)12-16(14)17(15)19(22)24-2;19-11-4-3-10(13(20)17-11)18-14(21)8-2-1-7-5-16-6-9(7)12(8)15(18)22;6-3-1-2-4(8)7-5(3)9/h1-7,17H,8-12H2,(H,23,26,27);3-9H,10-12H2,1-2H3;1-2,10,16H,3-6H2,(H,17,19,20);3H,1-2,6H2,(H,7,8,9). The topological polar surface area (TPSA) is 310 Å². The van der Waals surface area contributed by atoms with Crippen molar-refractivity contribution in [3.05, 3.63) is 175 Å². The number of hydrogen-bond acceptors (Lipinski definition) is 18. The number of hydrogen-bond donors (Lipinski definition) is 5. The number of amides is 10. The van der Waals surface area contributed by atoms with Crippen molar-refractivity contribution in [3.63, 3.8) is 0 Å². The Morgan fingerprint density at radius 2 is 0.940 bits per heavy atom. The Labute approximate surface area is 481 Å². The summed E-state index contributed by atoms with van der Waals surface area (Å²) in [5.41, 5.74) is 15.4. The average Bonchev–Trinajstić information content (AvgIpc) is 3.92. The Kier molecular flexibility index (Phi) is 16.9. The van der Waals surface area contributed by atoms with E-state index < -0.39 is 65.5 Å². The molecule has 23 nitrogen and oxygen atoms in total. The van der Waals surface area contributed by atoms with Crippen LogP contribution >= 0.6 is 0 Å².